The third-order valence-electron chi connectivity index (χ3n) is 3.12. The number of halogens is 1. The molecule has 1 aromatic heterocycles. The monoisotopic (exact) mass is 372 g/mol. The molecule has 1 amide bonds. The first-order valence-corrected chi connectivity index (χ1v) is 7.65. The molecule has 3 rings (SSSR count). The van der Waals surface area contributed by atoms with Crippen LogP contribution in [0.25, 0.3) is 0 Å². The second kappa shape index (κ2) is 7.06. The fourth-order valence-corrected chi connectivity index (χ4v) is 2.39. The number of aromatic amines is 1. The zero-order valence-electron chi connectivity index (χ0n) is 12.0. The van der Waals surface area contributed by atoms with Crippen LogP contribution < -0.4 is 10.1 Å². The molecule has 3 aromatic rings. The molecule has 0 bridgehead atoms. The zero-order chi connectivity index (χ0) is 16.1. The number of hydrogen-bond acceptors (Lipinski definition) is 4. The van der Waals surface area contributed by atoms with Crippen molar-refractivity contribution in [3.63, 3.8) is 0 Å². The third-order valence-corrected chi connectivity index (χ3v) is 3.89. The molecule has 1 heterocycles. The minimum atomic E-state index is -0.315. The van der Waals surface area contributed by atoms with Crippen LogP contribution in [0.5, 0.6) is 5.75 Å². The van der Waals surface area contributed by atoms with Crippen LogP contribution >= 0.6 is 15.9 Å². The van der Waals surface area contributed by atoms with Crippen molar-refractivity contribution in [1.82, 2.24) is 15.2 Å². The molecule has 0 aliphatic heterocycles. The minimum Gasteiger partial charge on any atom is -0.488 e. The van der Waals surface area contributed by atoms with Crippen molar-refractivity contribution >= 4 is 27.8 Å². The van der Waals surface area contributed by atoms with E-state index in [1.54, 1.807) is 18.2 Å². The number of H-pyrrole nitrogens is 1. The quantitative estimate of drug-likeness (QED) is 0.719. The molecular formula is C16H13BrN4O2. The Morgan fingerprint density at radius 1 is 1.17 bits per heavy atom. The molecule has 0 spiro atoms. The van der Waals surface area contributed by atoms with E-state index in [1.165, 1.54) is 6.33 Å². The molecule has 0 aliphatic carbocycles. The maximum Gasteiger partial charge on any atom is 0.261 e. The molecule has 2 aromatic carbocycles. The number of hydrogen-bond donors (Lipinski definition) is 2. The summed E-state index contributed by atoms with van der Waals surface area (Å²) in [5.41, 5.74) is 1.42. The molecule has 6 nitrogen and oxygen atoms in total. The highest BCUT2D eigenvalue weighted by molar-refractivity contribution is 9.10. The normalized spacial score (nSPS) is 10.3. The fourth-order valence-electron chi connectivity index (χ4n) is 1.99. The van der Waals surface area contributed by atoms with E-state index in [-0.39, 0.29) is 11.9 Å². The minimum absolute atomic E-state index is 0.288. The van der Waals surface area contributed by atoms with E-state index < -0.39 is 0 Å². The molecule has 0 atom stereocenters. The number of carbonyl (C=O) groups excluding carboxylic acids is 1. The number of benzene rings is 2. The number of rotatable bonds is 5. The van der Waals surface area contributed by atoms with E-state index in [2.05, 4.69) is 36.4 Å². The Balaban J connectivity index is 1.75. The van der Waals surface area contributed by atoms with E-state index in [0.29, 0.717) is 17.9 Å². The number of nitrogens with zero attached hydrogens (tertiary/aromatic N) is 2. The number of carbonyl (C=O) groups is 1. The molecule has 7 heteroatoms. The third kappa shape index (κ3) is 3.75. The van der Waals surface area contributed by atoms with Crippen molar-refractivity contribution in [2.45, 2.75) is 6.61 Å². The van der Waals surface area contributed by atoms with Gasteiger partial charge in [0, 0.05) is 10.0 Å². The summed E-state index contributed by atoms with van der Waals surface area (Å²) in [5, 5.41) is 8.90. The fraction of sp³-hybridized carbons (Fsp3) is 0.0625. The Bertz CT molecular complexity index is 805. The van der Waals surface area contributed by atoms with E-state index in [0.717, 1.165) is 10.0 Å². The summed E-state index contributed by atoms with van der Waals surface area (Å²) >= 11 is 3.48. The Hall–Kier alpha value is -2.67. The summed E-state index contributed by atoms with van der Waals surface area (Å²) < 4.78 is 6.77. The van der Waals surface area contributed by atoms with Gasteiger partial charge in [-0.1, -0.05) is 46.3 Å². The number of aromatic nitrogens is 3. The van der Waals surface area contributed by atoms with Gasteiger partial charge in [-0.25, -0.2) is 5.10 Å². The van der Waals surface area contributed by atoms with Gasteiger partial charge in [0.1, 0.15) is 18.7 Å². The molecule has 23 heavy (non-hydrogen) atoms. The highest BCUT2D eigenvalue weighted by Crippen LogP contribution is 2.22. The summed E-state index contributed by atoms with van der Waals surface area (Å²) in [6.45, 7) is 0.355. The lowest BCUT2D eigenvalue weighted by atomic mass is 10.2. The summed E-state index contributed by atoms with van der Waals surface area (Å²) in [7, 11) is 0. The zero-order valence-corrected chi connectivity index (χ0v) is 13.6. The number of ether oxygens (including phenoxy) is 1. The highest BCUT2D eigenvalue weighted by atomic mass is 79.9. The predicted molar refractivity (Wildman–Crippen MR) is 89.3 cm³/mol. The molecule has 0 saturated heterocycles. The van der Waals surface area contributed by atoms with Gasteiger partial charge in [0.15, 0.2) is 0 Å². The summed E-state index contributed by atoms with van der Waals surface area (Å²) in [6, 6.07) is 14.8. The molecular weight excluding hydrogens is 360 g/mol. The Kier molecular flexibility index (Phi) is 4.68. The summed E-state index contributed by atoms with van der Waals surface area (Å²) in [5.74, 6) is 0.473. The lowest BCUT2D eigenvalue weighted by Gasteiger charge is -2.11. The number of amides is 1. The van der Waals surface area contributed by atoms with Gasteiger partial charge in [-0.15, -0.1) is 0 Å². The maximum atomic E-state index is 12.3. The average Bonchev–Trinajstić information content (AvgIpc) is 3.07. The average molecular weight is 373 g/mol. The van der Waals surface area contributed by atoms with Crippen LogP contribution in [0.2, 0.25) is 0 Å². The van der Waals surface area contributed by atoms with Crippen LogP contribution in [0.3, 0.4) is 0 Å². The topological polar surface area (TPSA) is 79.9 Å². The van der Waals surface area contributed by atoms with Gasteiger partial charge >= 0.3 is 0 Å². The number of nitrogens with one attached hydrogen (secondary N) is 2. The lowest BCUT2D eigenvalue weighted by molar-refractivity contribution is 0.102. The smallest absolute Gasteiger partial charge is 0.261 e. The molecule has 0 fully saturated rings. The van der Waals surface area contributed by atoms with Gasteiger partial charge in [0.2, 0.25) is 5.95 Å². The van der Waals surface area contributed by atoms with Crippen molar-refractivity contribution < 1.29 is 9.53 Å². The predicted octanol–water partition coefficient (Wildman–Crippen LogP) is 3.40. The number of para-hydroxylation sites is 1. The lowest BCUT2D eigenvalue weighted by Crippen LogP contribution is -2.14. The highest BCUT2D eigenvalue weighted by Gasteiger charge is 2.13. The first kappa shape index (κ1) is 15.2. The van der Waals surface area contributed by atoms with Gasteiger partial charge in [-0.3, -0.25) is 10.1 Å². The molecule has 0 radical (unpaired) electrons. The van der Waals surface area contributed by atoms with Crippen molar-refractivity contribution in [3.8, 4) is 5.75 Å². The Morgan fingerprint density at radius 3 is 2.74 bits per heavy atom. The van der Waals surface area contributed by atoms with Crippen molar-refractivity contribution in [1.29, 1.82) is 0 Å². The Labute approximate surface area is 141 Å². The summed E-state index contributed by atoms with van der Waals surface area (Å²) in [4.78, 5) is 16.2. The molecule has 2 N–H and O–H groups in total. The largest absolute Gasteiger partial charge is 0.488 e. The van der Waals surface area contributed by atoms with Gasteiger partial charge in [0.05, 0.1) is 5.56 Å². The van der Waals surface area contributed by atoms with Gasteiger partial charge < -0.3 is 4.74 Å². The molecule has 0 unspecified atom stereocenters. The van der Waals surface area contributed by atoms with E-state index in [9.17, 15) is 4.79 Å². The van der Waals surface area contributed by atoms with E-state index in [4.69, 9.17) is 4.74 Å². The second-order valence-electron chi connectivity index (χ2n) is 4.66. The van der Waals surface area contributed by atoms with E-state index in [1.807, 2.05) is 30.3 Å². The van der Waals surface area contributed by atoms with Crippen molar-refractivity contribution in [2.24, 2.45) is 0 Å². The number of anilines is 1. The van der Waals surface area contributed by atoms with Crippen molar-refractivity contribution in [3.05, 3.63) is 70.5 Å². The molecule has 116 valence electrons. The summed E-state index contributed by atoms with van der Waals surface area (Å²) in [6.07, 6.45) is 1.32. The SMILES string of the molecule is O=C(Nc1ncn[nH]1)c1ccccc1OCc1ccccc1Br. The molecule has 0 aliphatic rings. The van der Waals surface area contributed by atoms with E-state index >= 15 is 0 Å². The maximum absolute atomic E-state index is 12.3. The van der Waals surface area contributed by atoms with Crippen LogP contribution in [0.1, 0.15) is 15.9 Å². The first-order chi connectivity index (χ1) is 11.2. The van der Waals surface area contributed by atoms with Crippen molar-refractivity contribution in [2.75, 3.05) is 5.32 Å². The standard InChI is InChI=1S/C16H13BrN4O2/c17-13-7-3-1-5-11(13)9-23-14-8-4-2-6-12(14)15(22)20-16-18-10-19-21-16/h1-8,10H,9H2,(H2,18,19,20,21,22). The Morgan fingerprint density at radius 2 is 1.96 bits per heavy atom. The van der Waals surface area contributed by atoms with Crippen LogP contribution in [-0.2, 0) is 6.61 Å². The van der Waals surface area contributed by atoms with Crippen LogP contribution in [0.15, 0.2) is 59.3 Å². The van der Waals surface area contributed by atoms with Crippen LogP contribution in [0, 0.1) is 0 Å². The van der Waals surface area contributed by atoms with Gasteiger partial charge in [-0.05, 0) is 18.2 Å². The molecule has 0 saturated carbocycles. The van der Waals surface area contributed by atoms with Crippen LogP contribution in [0.4, 0.5) is 5.95 Å². The second-order valence-corrected chi connectivity index (χ2v) is 5.52. The van der Waals surface area contributed by atoms with Crippen LogP contribution in [-0.4, -0.2) is 21.1 Å². The van der Waals surface area contributed by atoms with Gasteiger partial charge in [0.25, 0.3) is 5.91 Å². The first-order valence-electron chi connectivity index (χ1n) is 6.86. The van der Waals surface area contributed by atoms with Gasteiger partial charge in [-0.2, -0.15) is 10.1 Å².